The number of carbonyl (C=O) groups excluding carboxylic acids is 2. The molecule has 0 unspecified atom stereocenters. The zero-order valence-corrected chi connectivity index (χ0v) is 15.8. The number of amides is 2. The summed E-state index contributed by atoms with van der Waals surface area (Å²) in [5, 5.41) is 6.56. The van der Waals surface area contributed by atoms with Gasteiger partial charge in [-0.1, -0.05) is 17.3 Å². The van der Waals surface area contributed by atoms with Gasteiger partial charge in [0.1, 0.15) is 11.6 Å². The van der Waals surface area contributed by atoms with Crippen molar-refractivity contribution in [2.45, 2.75) is 32.6 Å². The largest absolute Gasteiger partial charge is 0.360 e. The van der Waals surface area contributed by atoms with E-state index in [9.17, 15) is 9.59 Å². The Morgan fingerprint density at radius 3 is 2.79 bits per heavy atom. The highest BCUT2D eigenvalue weighted by atomic mass is 16.5. The molecule has 8 heteroatoms. The fourth-order valence-corrected chi connectivity index (χ4v) is 3.55. The number of aromatic amines is 1. The Morgan fingerprint density at radius 2 is 2.07 bits per heavy atom. The molecule has 28 heavy (non-hydrogen) atoms. The summed E-state index contributed by atoms with van der Waals surface area (Å²) in [6.07, 6.45) is 2.30. The second-order valence-corrected chi connectivity index (χ2v) is 7.17. The summed E-state index contributed by atoms with van der Waals surface area (Å²) in [6, 6.07) is 9.52. The molecule has 8 nitrogen and oxygen atoms in total. The molecule has 0 atom stereocenters. The first kappa shape index (κ1) is 18.2. The van der Waals surface area contributed by atoms with Crippen LogP contribution in [0.5, 0.6) is 0 Å². The third-order valence-electron chi connectivity index (χ3n) is 5.11. The number of aromatic nitrogens is 3. The SMILES string of the molecule is Cc1cc(NC(=O)C2CCN(C(=O)CCc3nc4ccccc4[nH]3)CC2)no1. The van der Waals surface area contributed by atoms with Crippen LogP contribution >= 0.6 is 0 Å². The van der Waals surface area contributed by atoms with E-state index in [0.29, 0.717) is 50.4 Å². The Morgan fingerprint density at radius 1 is 1.29 bits per heavy atom. The van der Waals surface area contributed by atoms with E-state index in [0.717, 1.165) is 16.9 Å². The number of nitrogens with one attached hydrogen (secondary N) is 2. The van der Waals surface area contributed by atoms with Crippen molar-refractivity contribution in [3.8, 4) is 0 Å². The molecule has 0 radical (unpaired) electrons. The minimum atomic E-state index is -0.114. The van der Waals surface area contributed by atoms with E-state index in [1.165, 1.54) is 0 Å². The lowest BCUT2D eigenvalue weighted by atomic mass is 9.95. The van der Waals surface area contributed by atoms with Crippen molar-refractivity contribution in [2.24, 2.45) is 5.92 Å². The number of carbonyl (C=O) groups is 2. The predicted molar refractivity (Wildman–Crippen MR) is 104 cm³/mol. The fourth-order valence-electron chi connectivity index (χ4n) is 3.55. The van der Waals surface area contributed by atoms with E-state index in [2.05, 4.69) is 20.4 Å². The predicted octanol–water partition coefficient (Wildman–Crippen LogP) is 2.67. The highest BCUT2D eigenvalue weighted by molar-refractivity contribution is 5.91. The molecule has 1 saturated heterocycles. The van der Waals surface area contributed by atoms with E-state index >= 15 is 0 Å². The van der Waals surface area contributed by atoms with E-state index in [1.54, 1.807) is 13.0 Å². The van der Waals surface area contributed by atoms with E-state index in [1.807, 2.05) is 29.2 Å². The van der Waals surface area contributed by atoms with Gasteiger partial charge in [-0.15, -0.1) is 0 Å². The first-order valence-electron chi connectivity index (χ1n) is 9.54. The number of piperidine rings is 1. The maximum Gasteiger partial charge on any atom is 0.228 e. The maximum absolute atomic E-state index is 12.5. The zero-order valence-electron chi connectivity index (χ0n) is 15.8. The third-order valence-corrected chi connectivity index (χ3v) is 5.11. The number of rotatable bonds is 5. The fraction of sp³-hybridized carbons (Fsp3) is 0.400. The van der Waals surface area contributed by atoms with Crippen molar-refractivity contribution >= 4 is 28.7 Å². The van der Waals surface area contributed by atoms with Crippen LogP contribution in [-0.2, 0) is 16.0 Å². The molecule has 2 aromatic heterocycles. The van der Waals surface area contributed by atoms with Crippen molar-refractivity contribution in [1.29, 1.82) is 0 Å². The molecule has 2 N–H and O–H groups in total. The molecule has 2 amide bonds. The minimum absolute atomic E-state index is 0.0670. The second-order valence-electron chi connectivity index (χ2n) is 7.17. The van der Waals surface area contributed by atoms with Crippen LogP contribution in [0.25, 0.3) is 11.0 Å². The van der Waals surface area contributed by atoms with Crippen LogP contribution in [0.4, 0.5) is 5.82 Å². The van der Waals surface area contributed by atoms with Gasteiger partial charge in [-0.25, -0.2) is 4.98 Å². The van der Waals surface area contributed by atoms with E-state index < -0.39 is 0 Å². The first-order chi connectivity index (χ1) is 13.6. The lowest BCUT2D eigenvalue weighted by Gasteiger charge is -2.31. The molecule has 3 aromatic rings. The van der Waals surface area contributed by atoms with Gasteiger partial charge in [0.15, 0.2) is 5.82 Å². The van der Waals surface area contributed by atoms with Gasteiger partial charge in [-0.05, 0) is 31.9 Å². The van der Waals surface area contributed by atoms with Gasteiger partial charge >= 0.3 is 0 Å². The number of anilines is 1. The Hall–Kier alpha value is -3.16. The average Bonchev–Trinajstić information content (AvgIpc) is 3.31. The van der Waals surface area contributed by atoms with E-state index in [4.69, 9.17) is 4.52 Å². The summed E-state index contributed by atoms with van der Waals surface area (Å²) >= 11 is 0. The normalized spacial score (nSPS) is 15.1. The van der Waals surface area contributed by atoms with Crippen LogP contribution in [0.2, 0.25) is 0 Å². The third kappa shape index (κ3) is 4.05. The Bertz CT molecular complexity index is 952. The Balaban J connectivity index is 1.25. The van der Waals surface area contributed by atoms with Gasteiger partial charge in [0.05, 0.1) is 11.0 Å². The molecule has 0 saturated carbocycles. The maximum atomic E-state index is 12.5. The number of fused-ring (bicyclic) bond motifs is 1. The summed E-state index contributed by atoms with van der Waals surface area (Å²) in [5.74, 6) is 1.84. The molecule has 0 bridgehead atoms. The molecule has 1 fully saturated rings. The summed E-state index contributed by atoms with van der Waals surface area (Å²) in [7, 11) is 0. The van der Waals surface area contributed by atoms with Crippen LogP contribution in [0.3, 0.4) is 0 Å². The summed E-state index contributed by atoms with van der Waals surface area (Å²) in [4.78, 5) is 34.5. The zero-order chi connectivity index (χ0) is 19.5. The van der Waals surface area contributed by atoms with Crippen molar-refractivity contribution in [3.05, 3.63) is 41.9 Å². The van der Waals surface area contributed by atoms with Crippen LogP contribution in [0.1, 0.15) is 30.8 Å². The number of aryl methyl sites for hydroxylation is 2. The molecule has 0 spiro atoms. The number of H-pyrrole nitrogens is 1. The molecule has 1 aliphatic heterocycles. The van der Waals surface area contributed by atoms with E-state index in [-0.39, 0.29) is 17.7 Å². The molecule has 0 aliphatic carbocycles. The quantitative estimate of drug-likeness (QED) is 0.707. The molecule has 1 aromatic carbocycles. The summed E-state index contributed by atoms with van der Waals surface area (Å²) in [5.41, 5.74) is 1.90. The lowest BCUT2D eigenvalue weighted by molar-refractivity contribution is -0.134. The van der Waals surface area contributed by atoms with Crippen molar-refractivity contribution < 1.29 is 14.1 Å². The standard InChI is InChI=1S/C20H23N5O3/c1-13-12-18(24-28-13)23-20(27)14-8-10-25(11-9-14)19(26)7-6-17-21-15-4-2-3-5-16(15)22-17/h2-5,12,14H,6-11H2,1H3,(H,21,22)(H,23,24,27). The van der Waals surface area contributed by atoms with Crippen LogP contribution in [-0.4, -0.2) is 44.9 Å². The number of para-hydroxylation sites is 2. The van der Waals surface area contributed by atoms with Crippen molar-refractivity contribution in [3.63, 3.8) is 0 Å². The molecule has 3 heterocycles. The highest BCUT2D eigenvalue weighted by Crippen LogP contribution is 2.20. The summed E-state index contributed by atoms with van der Waals surface area (Å²) < 4.78 is 4.96. The smallest absolute Gasteiger partial charge is 0.228 e. The summed E-state index contributed by atoms with van der Waals surface area (Å²) in [6.45, 7) is 2.96. The van der Waals surface area contributed by atoms with Crippen molar-refractivity contribution in [1.82, 2.24) is 20.0 Å². The number of nitrogens with zero attached hydrogens (tertiary/aromatic N) is 3. The number of benzene rings is 1. The van der Waals surface area contributed by atoms with Gasteiger partial charge < -0.3 is 19.7 Å². The van der Waals surface area contributed by atoms with Crippen LogP contribution in [0, 0.1) is 12.8 Å². The highest BCUT2D eigenvalue weighted by Gasteiger charge is 2.27. The van der Waals surface area contributed by atoms with Gasteiger partial charge in [-0.2, -0.15) is 0 Å². The van der Waals surface area contributed by atoms with Gasteiger partial charge in [-0.3, -0.25) is 9.59 Å². The number of hydrogen-bond acceptors (Lipinski definition) is 5. The van der Waals surface area contributed by atoms with Gasteiger partial charge in [0.25, 0.3) is 0 Å². The van der Waals surface area contributed by atoms with Gasteiger partial charge in [0.2, 0.25) is 11.8 Å². The molecular formula is C20H23N5O3. The first-order valence-corrected chi connectivity index (χ1v) is 9.54. The number of likely N-dealkylation sites (tertiary alicyclic amines) is 1. The monoisotopic (exact) mass is 381 g/mol. The lowest BCUT2D eigenvalue weighted by Crippen LogP contribution is -2.41. The average molecular weight is 381 g/mol. The topological polar surface area (TPSA) is 104 Å². The van der Waals surface area contributed by atoms with Crippen molar-refractivity contribution in [2.75, 3.05) is 18.4 Å². The minimum Gasteiger partial charge on any atom is -0.360 e. The Labute approximate surface area is 162 Å². The molecule has 1 aliphatic rings. The molecular weight excluding hydrogens is 358 g/mol. The van der Waals surface area contributed by atoms with Crippen LogP contribution in [0.15, 0.2) is 34.9 Å². The molecule has 4 rings (SSSR count). The van der Waals surface area contributed by atoms with Gasteiger partial charge in [0, 0.05) is 37.9 Å². The Kier molecular flexibility index (Phi) is 5.10. The number of imidazole rings is 1. The van der Waals surface area contributed by atoms with Crippen LogP contribution < -0.4 is 5.32 Å². The second kappa shape index (κ2) is 7.84. The molecule has 146 valence electrons. The number of hydrogen-bond donors (Lipinski definition) is 2.